The van der Waals surface area contributed by atoms with E-state index >= 15 is 0 Å². The fourth-order valence-electron chi connectivity index (χ4n) is 3.70. The molecule has 26 heavy (non-hydrogen) atoms. The van der Waals surface area contributed by atoms with Crippen LogP contribution in [-0.4, -0.2) is 79.8 Å². The quantitative estimate of drug-likeness (QED) is 0.815. The van der Waals surface area contributed by atoms with Gasteiger partial charge in [0.1, 0.15) is 5.75 Å². The first kappa shape index (κ1) is 18.7. The Bertz CT molecular complexity index is 657. The molecule has 2 aliphatic heterocycles. The number of likely N-dealkylation sites (tertiary alicyclic amines) is 1. The number of amides is 1. The van der Waals surface area contributed by atoms with Crippen molar-refractivity contribution >= 4 is 11.9 Å². The topological polar surface area (TPSA) is 79.3 Å². The number of esters is 1. The summed E-state index contributed by atoms with van der Waals surface area (Å²) in [6.07, 6.45) is 2.07. The smallest absolute Gasteiger partial charge is 0.338 e. The van der Waals surface area contributed by atoms with Gasteiger partial charge in [-0.15, -0.1) is 0 Å². The molecule has 3 rings (SSSR count). The molecule has 1 N–H and O–H groups in total. The van der Waals surface area contributed by atoms with Crippen molar-refractivity contribution in [3.8, 4) is 5.75 Å². The Morgan fingerprint density at radius 3 is 2.65 bits per heavy atom. The number of rotatable bonds is 4. The molecule has 0 spiro atoms. The first-order valence-corrected chi connectivity index (χ1v) is 9.08. The molecule has 1 aromatic rings. The lowest BCUT2D eigenvalue weighted by molar-refractivity contribution is 0.0224. The number of carbonyl (C=O) groups is 2. The summed E-state index contributed by atoms with van der Waals surface area (Å²) in [5, 5.41) is 9.86. The minimum atomic E-state index is -0.571. The molecule has 0 aromatic heterocycles. The third kappa shape index (κ3) is 4.53. The Kier molecular flexibility index (Phi) is 6.11. The summed E-state index contributed by atoms with van der Waals surface area (Å²) in [7, 11) is 1.27. The Morgan fingerprint density at radius 2 is 1.92 bits per heavy atom. The summed E-state index contributed by atoms with van der Waals surface area (Å²) in [5.41, 5.74) is 0.496. The van der Waals surface area contributed by atoms with Crippen LogP contribution in [0, 0.1) is 5.92 Å². The van der Waals surface area contributed by atoms with Crippen molar-refractivity contribution < 1.29 is 24.2 Å². The number of hydrogen-bond donors (Lipinski definition) is 1. The van der Waals surface area contributed by atoms with Gasteiger partial charge in [0, 0.05) is 38.3 Å². The van der Waals surface area contributed by atoms with Crippen LogP contribution in [0.25, 0.3) is 0 Å². The number of phenolic OH excluding ortho intramolecular Hbond substituents is 1. The van der Waals surface area contributed by atoms with E-state index in [-0.39, 0.29) is 17.2 Å². The number of carbonyl (C=O) groups excluding carboxylic acids is 2. The molecule has 142 valence electrons. The molecule has 7 nitrogen and oxygen atoms in total. The highest BCUT2D eigenvalue weighted by molar-refractivity contribution is 5.98. The van der Waals surface area contributed by atoms with E-state index < -0.39 is 5.97 Å². The van der Waals surface area contributed by atoms with E-state index in [0.717, 1.165) is 45.7 Å². The van der Waals surface area contributed by atoms with Crippen molar-refractivity contribution in [2.75, 3.05) is 53.0 Å². The van der Waals surface area contributed by atoms with Gasteiger partial charge in [-0.25, -0.2) is 4.79 Å². The standard InChI is InChI=1S/C19H26N2O5/c1-25-19(24)16-9-15(10-17(22)11-16)18(23)21-4-2-3-14(13-21)12-20-5-7-26-8-6-20/h9-11,14,22H,2-8,12-13H2,1H3/t14-/m0/s1. The molecule has 1 atom stereocenters. The van der Waals surface area contributed by atoms with Gasteiger partial charge >= 0.3 is 5.97 Å². The van der Waals surface area contributed by atoms with Crippen molar-refractivity contribution in [3.63, 3.8) is 0 Å². The number of benzene rings is 1. The van der Waals surface area contributed by atoms with Crippen molar-refractivity contribution in [2.24, 2.45) is 5.92 Å². The van der Waals surface area contributed by atoms with Crippen LogP contribution in [0.4, 0.5) is 0 Å². The Morgan fingerprint density at radius 1 is 1.19 bits per heavy atom. The second-order valence-corrected chi connectivity index (χ2v) is 6.93. The lowest BCUT2D eigenvalue weighted by Gasteiger charge is -2.36. The largest absolute Gasteiger partial charge is 0.508 e. The fourth-order valence-corrected chi connectivity index (χ4v) is 3.70. The number of morpholine rings is 1. The summed E-state index contributed by atoms with van der Waals surface area (Å²) >= 11 is 0. The van der Waals surface area contributed by atoms with E-state index in [2.05, 4.69) is 9.64 Å². The second kappa shape index (κ2) is 8.51. The SMILES string of the molecule is COC(=O)c1cc(O)cc(C(=O)N2CCC[C@@H](CN3CCOCC3)C2)c1. The van der Waals surface area contributed by atoms with Gasteiger partial charge in [-0.1, -0.05) is 0 Å². The van der Waals surface area contributed by atoms with Crippen LogP contribution in [0.2, 0.25) is 0 Å². The van der Waals surface area contributed by atoms with E-state index in [1.165, 1.54) is 25.3 Å². The van der Waals surface area contributed by atoms with Crippen molar-refractivity contribution in [1.29, 1.82) is 0 Å². The zero-order valence-electron chi connectivity index (χ0n) is 15.1. The first-order valence-electron chi connectivity index (χ1n) is 9.08. The van der Waals surface area contributed by atoms with Gasteiger partial charge in [-0.2, -0.15) is 0 Å². The fraction of sp³-hybridized carbons (Fsp3) is 0.579. The number of ether oxygens (including phenoxy) is 2. The highest BCUT2D eigenvalue weighted by Gasteiger charge is 2.27. The summed E-state index contributed by atoms with van der Waals surface area (Å²) in [6.45, 7) is 5.80. The molecular weight excluding hydrogens is 336 g/mol. The zero-order chi connectivity index (χ0) is 18.5. The van der Waals surface area contributed by atoms with E-state index in [1.54, 1.807) is 0 Å². The summed E-state index contributed by atoms with van der Waals surface area (Å²) in [5.74, 6) is -0.405. The van der Waals surface area contributed by atoms with Crippen LogP contribution in [0.3, 0.4) is 0 Å². The van der Waals surface area contributed by atoms with Crippen LogP contribution in [0.1, 0.15) is 33.6 Å². The maximum Gasteiger partial charge on any atom is 0.338 e. The third-order valence-electron chi connectivity index (χ3n) is 5.01. The van der Waals surface area contributed by atoms with Gasteiger partial charge in [0.05, 0.1) is 25.9 Å². The van der Waals surface area contributed by atoms with Gasteiger partial charge in [-0.05, 0) is 37.0 Å². The Labute approximate surface area is 153 Å². The molecule has 7 heteroatoms. The number of hydrogen-bond acceptors (Lipinski definition) is 6. The van der Waals surface area contributed by atoms with Crippen LogP contribution in [0.15, 0.2) is 18.2 Å². The lowest BCUT2D eigenvalue weighted by Crippen LogP contribution is -2.46. The van der Waals surface area contributed by atoms with E-state index in [9.17, 15) is 14.7 Å². The maximum absolute atomic E-state index is 12.9. The van der Waals surface area contributed by atoms with Crippen molar-refractivity contribution in [1.82, 2.24) is 9.80 Å². The number of aromatic hydroxyl groups is 1. The number of phenols is 1. The molecule has 1 aromatic carbocycles. The van der Waals surface area contributed by atoms with E-state index in [0.29, 0.717) is 24.6 Å². The molecule has 0 radical (unpaired) electrons. The van der Waals surface area contributed by atoms with Crippen molar-refractivity contribution in [2.45, 2.75) is 12.8 Å². The van der Waals surface area contributed by atoms with Crippen LogP contribution in [-0.2, 0) is 9.47 Å². The highest BCUT2D eigenvalue weighted by Crippen LogP contribution is 2.23. The molecule has 2 saturated heterocycles. The minimum Gasteiger partial charge on any atom is -0.508 e. The lowest BCUT2D eigenvalue weighted by atomic mass is 9.96. The number of piperidine rings is 1. The predicted molar refractivity (Wildman–Crippen MR) is 95.3 cm³/mol. The molecule has 2 aliphatic rings. The van der Waals surface area contributed by atoms with Crippen molar-refractivity contribution in [3.05, 3.63) is 29.3 Å². The highest BCUT2D eigenvalue weighted by atomic mass is 16.5. The molecule has 2 heterocycles. The zero-order valence-corrected chi connectivity index (χ0v) is 15.1. The molecule has 0 unspecified atom stereocenters. The first-order chi connectivity index (χ1) is 12.6. The number of methoxy groups -OCH3 is 1. The number of nitrogens with zero attached hydrogens (tertiary/aromatic N) is 2. The Hall–Kier alpha value is -2.12. The molecule has 0 aliphatic carbocycles. The van der Waals surface area contributed by atoms with Gasteiger partial charge in [-0.3, -0.25) is 9.69 Å². The second-order valence-electron chi connectivity index (χ2n) is 6.93. The third-order valence-corrected chi connectivity index (χ3v) is 5.01. The minimum absolute atomic E-state index is 0.113. The Balaban J connectivity index is 1.67. The van der Waals surface area contributed by atoms with Gasteiger partial charge in [0.2, 0.25) is 0 Å². The average Bonchev–Trinajstić information content (AvgIpc) is 2.67. The van der Waals surface area contributed by atoms with Crippen LogP contribution >= 0.6 is 0 Å². The monoisotopic (exact) mass is 362 g/mol. The average molecular weight is 362 g/mol. The van der Waals surface area contributed by atoms with Crippen LogP contribution < -0.4 is 0 Å². The molecule has 0 bridgehead atoms. The summed E-state index contributed by atoms with van der Waals surface area (Å²) in [6, 6.07) is 4.19. The molecule has 2 fully saturated rings. The molecule has 0 saturated carbocycles. The maximum atomic E-state index is 12.9. The summed E-state index contributed by atoms with van der Waals surface area (Å²) in [4.78, 5) is 28.8. The molecular formula is C19H26N2O5. The predicted octanol–water partition coefficient (Wildman–Crippen LogP) is 1.36. The molecule has 1 amide bonds. The van der Waals surface area contributed by atoms with Crippen LogP contribution in [0.5, 0.6) is 5.75 Å². The summed E-state index contributed by atoms with van der Waals surface area (Å²) < 4.78 is 10.1. The normalized spacial score (nSPS) is 21.4. The van der Waals surface area contributed by atoms with Gasteiger partial charge < -0.3 is 19.5 Å². The van der Waals surface area contributed by atoms with E-state index in [1.807, 2.05) is 4.90 Å². The van der Waals surface area contributed by atoms with E-state index in [4.69, 9.17) is 4.74 Å². The van der Waals surface area contributed by atoms with Gasteiger partial charge in [0.25, 0.3) is 5.91 Å². The van der Waals surface area contributed by atoms with Gasteiger partial charge in [0.15, 0.2) is 0 Å².